The van der Waals surface area contributed by atoms with Crippen molar-refractivity contribution in [2.45, 2.75) is 6.42 Å². The number of amides is 1. The molecule has 0 radical (unpaired) electrons. The zero-order valence-electron chi connectivity index (χ0n) is 13.7. The van der Waals surface area contributed by atoms with Gasteiger partial charge in [0.05, 0.1) is 43.1 Å². The van der Waals surface area contributed by atoms with Gasteiger partial charge in [0.2, 0.25) is 0 Å². The van der Waals surface area contributed by atoms with Crippen LogP contribution in [0.1, 0.15) is 16.1 Å². The van der Waals surface area contributed by atoms with Gasteiger partial charge in [-0.25, -0.2) is 4.98 Å². The molecular weight excluding hydrogens is 320 g/mol. The first kappa shape index (κ1) is 15.6. The molecule has 4 rings (SSSR count). The maximum absolute atomic E-state index is 12.7. The average molecular weight is 338 g/mol. The lowest BCUT2D eigenvalue weighted by molar-refractivity contribution is 0.0736. The normalized spacial score (nSPS) is 18.2. The van der Waals surface area contributed by atoms with Crippen molar-refractivity contribution in [3.8, 4) is 0 Å². The minimum atomic E-state index is -0.0385. The second kappa shape index (κ2) is 6.94. The van der Waals surface area contributed by atoms with Crippen molar-refractivity contribution in [2.75, 3.05) is 26.3 Å². The summed E-state index contributed by atoms with van der Waals surface area (Å²) in [7, 11) is 0. The first-order chi connectivity index (χ1) is 12.3. The predicted molar refractivity (Wildman–Crippen MR) is 88.9 cm³/mol. The number of nitrogens with zero attached hydrogens (tertiary/aromatic N) is 6. The Hall–Kier alpha value is -2.87. The molecule has 1 atom stereocenters. The number of hydrogen-bond acceptors (Lipinski definition) is 6. The summed E-state index contributed by atoms with van der Waals surface area (Å²) < 4.78 is 7.65. The summed E-state index contributed by atoms with van der Waals surface area (Å²) >= 11 is 0. The van der Waals surface area contributed by atoms with Crippen LogP contribution in [0.2, 0.25) is 0 Å². The lowest BCUT2D eigenvalue weighted by Gasteiger charge is -2.23. The third-order valence-electron chi connectivity index (χ3n) is 4.29. The Bertz CT molecular complexity index is 866. The van der Waals surface area contributed by atoms with Crippen molar-refractivity contribution >= 4 is 11.6 Å². The molecule has 0 aliphatic carbocycles. The fraction of sp³-hybridized carbons (Fsp3) is 0.353. The molecule has 3 aromatic heterocycles. The summed E-state index contributed by atoms with van der Waals surface area (Å²) in [5, 5.41) is 7.51. The number of hydrogen-bond donors (Lipinski definition) is 0. The van der Waals surface area contributed by atoms with Gasteiger partial charge in [-0.15, -0.1) is 0 Å². The number of carbonyl (C=O) groups is 1. The molecule has 0 unspecified atom stereocenters. The molecule has 1 fully saturated rings. The molecule has 8 heteroatoms. The van der Waals surface area contributed by atoms with E-state index >= 15 is 0 Å². The predicted octanol–water partition coefficient (Wildman–Crippen LogP) is 0.851. The number of fused-ring (bicyclic) bond motifs is 1. The van der Waals surface area contributed by atoms with Gasteiger partial charge in [-0.05, 0) is 12.5 Å². The van der Waals surface area contributed by atoms with Crippen molar-refractivity contribution in [3.05, 3.63) is 54.5 Å². The van der Waals surface area contributed by atoms with E-state index in [4.69, 9.17) is 4.74 Å². The first-order valence-electron chi connectivity index (χ1n) is 8.21. The highest BCUT2D eigenvalue weighted by Gasteiger charge is 2.24. The molecule has 1 saturated heterocycles. The number of ether oxygens (including phenoxy) is 1. The number of aromatic nitrogens is 5. The van der Waals surface area contributed by atoms with Gasteiger partial charge in [0, 0.05) is 37.6 Å². The molecular formula is C17H18N6O2. The molecule has 1 aliphatic rings. The minimum absolute atomic E-state index is 0.0385. The molecule has 4 heterocycles. The van der Waals surface area contributed by atoms with Crippen molar-refractivity contribution < 1.29 is 9.53 Å². The van der Waals surface area contributed by atoms with E-state index in [9.17, 15) is 4.79 Å². The maximum Gasteiger partial charge on any atom is 0.255 e. The largest absolute Gasteiger partial charge is 0.379 e. The van der Waals surface area contributed by atoms with Crippen LogP contribution in [0.5, 0.6) is 0 Å². The van der Waals surface area contributed by atoms with E-state index in [1.54, 1.807) is 18.5 Å². The third kappa shape index (κ3) is 3.48. The molecule has 0 bridgehead atoms. The van der Waals surface area contributed by atoms with E-state index in [1.807, 2.05) is 21.7 Å². The topological polar surface area (TPSA) is 85.5 Å². The van der Waals surface area contributed by atoms with Crippen LogP contribution in [-0.4, -0.2) is 61.7 Å². The monoisotopic (exact) mass is 338 g/mol. The Labute approximate surface area is 144 Å². The maximum atomic E-state index is 12.7. The van der Waals surface area contributed by atoms with E-state index in [0.717, 1.165) is 17.8 Å². The van der Waals surface area contributed by atoms with Gasteiger partial charge in [-0.3, -0.25) is 9.78 Å². The summed E-state index contributed by atoms with van der Waals surface area (Å²) in [5.74, 6) is 0.151. The Balaban J connectivity index is 1.48. The van der Waals surface area contributed by atoms with Crippen LogP contribution >= 0.6 is 0 Å². The SMILES string of the molecule is O=C(c1ccnnc1)N1CCOC[C@H](Cc2cn3ccnc3cn2)C1. The highest BCUT2D eigenvalue weighted by molar-refractivity contribution is 5.93. The molecule has 25 heavy (non-hydrogen) atoms. The zero-order chi connectivity index (χ0) is 17.1. The standard InChI is InChI=1S/C17H18N6O2/c24-17(14-1-2-20-21-8-14)23-5-6-25-12-13(10-23)7-15-11-22-4-3-18-16(22)9-19-15/h1-4,8-9,11,13H,5-7,10,12H2/t13-/m1/s1. The molecule has 0 saturated carbocycles. The van der Waals surface area contributed by atoms with Crippen LogP contribution in [0.4, 0.5) is 0 Å². The van der Waals surface area contributed by atoms with Gasteiger partial charge < -0.3 is 14.0 Å². The highest BCUT2D eigenvalue weighted by atomic mass is 16.5. The van der Waals surface area contributed by atoms with Crippen molar-refractivity contribution in [1.82, 2.24) is 29.5 Å². The summed E-state index contributed by atoms with van der Waals surface area (Å²) in [6.45, 7) is 2.35. The summed E-state index contributed by atoms with van der Waals surface area (Å²) in [4.78, 5) is 23.2. The molecule has 0 spiro atoms. The number of rotatable bonds is 3. The minimum Gasteiger partial charge on any atom is -0.379 e. The summed E-state index contributed by atoms with van der Waals surface area (Å²) in [5.41, 5.74) is 2.33. The fourth-order valence-corrected chi connectivity index (χ4v) is 3.06. The zero-order valence-corrected chi connectivity index (χ0v) is 13.7. The molecule has 128 valence electrons. The first-order valence-corrected chi connectivity index (χ1v) is 8.21. The number of imidazole rings is 1. The summed E-state index contributed by atoms with van der Waals surface area (Å²) in [6, 6.07) is 1.69. The quantitative estimate of drug-likeness (QED) is 0.704. The van der Waals surface area contributed by atoms with Crippen molar-refractivity contribution in [3.63, 3.8) is 0 Å². The van der Waals surface area contributed by atoms with Crippen LogP contribution in [0.25, 0.3) is 5.65 Å². The Morgan fingerprint density at radius 2 is 2.20 bits per heavy atom. The molecule has 1 amide bonds. The van der Waals surface area contributed by atoms with Crippen LogP contribution in [0, 0.1) is 5.92 Å². The second-order valence-electron chi connectivity index (χ2n) is 6.10. The second-order valence-corrected chi connectivity index (χ2v) is 6.10. The lowest BCUT2D eigenvalue weighted by atomic mass is 10.0. The molecule has 8 nitrogen and oxygen atoms in total. The summed E-state index contributed by atoms with van der Waals surface area (Å²) in [6.07, 6.45) is 11.2. The lowest BCUT2D eigenvalue weighted by Crippen LogP contribution is -2.36. The molecule has 0 aromatic carbocycles. The average Bonchev–Trinajstić information content (AvgIpc) is 2.99. The Kier molecular flexibility index (Phi) is 4.34. The van der Waals surface area contributed by atoms with Crippen molar-refractivity contribution in [1.29, 1.82) is 0 Å². The van der Waals surface area contributed by atoms with Crippen molar-refractivity contribution in [2.24, 2.45) is 5.92 Å². The van der Waals surface area contributed by atoms with Crippen LogP contribution in [0.3, 0.4) is 0 Å². The van der Waals surface area contributed by atoms with Gasteiger partial charge in [0.25, 0.3) is 5.91 Å². The molecule has 0 N–H and O–H groups in total. The third-order valence-corrected chi connectivity index (χ3v) is 4.29. The van der Waals surface area contributed by atoms with Gasteiger partial charge in [0.15, 0.2) is 5.65 Å². The van der Waals surface area contributed by atoms with E-state index in [1.165, 1.54) is 12.4 Å². The molecule has 3 aromatic rings. The molecule has 1 aliphatic heterocycles. The highest BCUT2D eigenvalue weighted by Crippen LogP contribution is 2.15. The Morgan fingerprint density at radius 1 is 1.24 bits per heavy atom. The van der Waals surface area contributed by atoms with E-state index in [2.05, 4.69) is 20.2 Å². The number of carbonyl (C=O) groups excluding carboxylic acids is 1. The van der Waals surface area contributed by atoms with Gasteiger partial charge >= 0.3 is 0 Å². The van der Waals surface area contributed by atoms with Gasteiger partial charge in [-0.2, -0.15) is 10.2 Å². The van der Waals surface area contributed by atoms with Gasteiger partial charge in [-0.1, -0.05) is 0 Å². The smallest absolute Gasteiger partial charge is 0.255 e. The van der Waals surface area contributed by atoms with Crippen LogP contribution in [0.15, 0.2) is 43.2 Å². The fourth-order valence-electron chi connectivity index (χ4n) is 3.06. The van der Waals surface area contributed by atoms with Crippen LogP contribution in [-0.2, 0) is 11.2 Å². The van der Waals surface area contributed by atoms with E-state index in [0.29, 0.717) is 31.9 Å². The van der Waals surface area contributed by atoms with Crippen LogP contribution < -0.4 is 0 Å². The Morgan fingerprint density at radius 3 is 3.08 bits per heavy atom. The van der Waals surface area contributed by atoms with E-state index < -0.39 is 0 Å². The van der Waals surface area contributed by atoms with Gasteiger partial charge in [0.1, 0.15) is 0 Å². The van der Waals surface area contributed by atoms with E-state index in [-0.39, 0.29) is 11.8 Å².